The second-order valence-corrected chi connectivity index (χ2v) is 7.01. The molecule has 0 spiro atoms. The molecule has 4 nitrogen and oxygen atoms in total. The van der Waals surface area contributed by atoms with E-state index in [9.17, 15) is 4.79 Å². The SMILES string of the molecule is CCOCc1ccccc1CNC(=O)c1sc(-c2ccccc2)cc1OC. The molecule has 5 heteroatoms. The number of carbonyl (C=O) groups excluding carboxylic acids is 1. The standard InChI is InChI=1S/C22H23NO3S/c1-3-26-15-18-12-8-7-11-17(18)14-23-22(24)21-19(25-2)13-20(27-21)16-9-5-4-6-10-16/h4-13H,3,14-15H2,1-2H3,(H,23,24). The average molecular weight is 381 g/mol. The van der Waals surface area contributed by atoms with E-state index in [4.69, 9.17) is 9.47 Å². The zero-order chi connectivity index (χ0) is 19.1. The molecule has 2 aromatic carbocycles. The number of hydrogen-bond acceptors (Lipinski definition) is 4. The van der Waals surface area contributed by atoms with E-state index in [1.807, 2.05) is 67.6 Å². The molecule has 0 saturated carbocycles. The number of rotatable bonds is 8. The lowest BCUT2D eigenvalue weighted by atomic mass is 10.1. The summed E-state index contributed by atoms with van der Waals surface area (Å²) < 4.78 is 10.9. The van der Waals surface area contributed by atoms with E-state index in [0.29, 0.717) is 30.4 Å². The third-order valence-corrected chi connectivity index (χ3v) is 5.37. The van der Waals surface area contributed by atoms with Crippen molar-refractivity contribution in [2.45, 2.75) is 20.1 Å². The largest absolute Gasteiger partial charge is 0.495 e. The highest BCUT2D eigenvalue weighted by molar-refractivity contribution is 7.17. The molecule has 0 fully saturated rings. The molecule has 3 aromatic rings. The fourth-order valence-electron chi connectivity index (χ4n) is 2.77. The average Bonchev–Trinajstić information content (AvgIpc) is 3.16. The van der Waals surface area contributed by atoms with E-state index >= 15 is 0 Å². The van der Waals surface area contributed by atoms with E-state index < -0.39 is 0 Å². The van der Waals surface area contributed by atoms with E-state index in [-0.39, 0.29) is 5.91 Å². The first-order valence-electron chi connectivity index (χ1n) is 8.89. The first-order valence-corrected chi connectivity index (χ1v) is 9.70. The molecule has 0 aliphatic heterocycles. The van der Waals surface area contributed by atoms with Gasteiger partial charge in [0.2, 0.25) is 0 Å². The Labute approximate surface area is 163 Å². The van der Waals surface area contributed by atoms with Crippen LogP contribution < -0.4 is 10.1 Å². The summed E-state index contributed by atoms with van der Waals surface area (Å²) in [7, 11) is 1.59. The van der Waals surface area contributed by atoms with Crippen LogP contribution in [0.3, 0.4) is 0 Å². The van der Waals surface area contributed by atoms with Gasteiger partial charge in [-0.3, -0.25) is 4.79 Å². The van der Waals surface area contributed by atoms with Crippen LogP contribution in [0.2, 0.25) is 0 Å². The van der Waals surface area contributed by atoms with Gasteiger partial charge in [0, 0.05) is 18.0 Å². The molecule has 1 N–H and O–H groups in total. The molecular formula is C22H23NO3S. The quantitative estimate of drug-likeness (QED) is 0.604. The summed E-state index contributed by atoms with van der Waals surface area (Å²) in [5, 5.41) is 3.01. The van der Waals surface area contributed by atoms with Gasteiger partial charge in [-0.1, -0.05) is 54.6 Å². The minimum atomic E-state index is -0.134. The molecule has 0 aliphatic carbocycles. The topological polar surface area (TPSA) is 47.6 Å². The van der Waals surface area contributed by atoms with Crippen LogP contribution in [-0.2, 0) is 17.9 Å². The minimum Gasteiger partial charge on any atom is -0.495 e. The van der Waals surface area contributed by atoms with Crippen molar-refractivity contribution < 1.29 is 14.3 Å². The first-order chi connectivity index (χ1) is 13.2. The van der Waals surface area contributed by atoms with Gasteiger partial charge in [-0.25, -0.2) is 0 Å². The van der Waals surface area contributed by atoms with Crippen molar-refractivity contribution in [2.24, 2.45) is 0 Å². The van der Waals surface area contributed by atoms with Crippen molar-refractivity contribution in [3.05, 3.63) is 76.7 Å². The molecule has 0 atom stereocenters. The molecule has 0 aliphatic rings. The van der Waals surface area contributed by atoms with Crippen LogP contribution in [0.4, 0.5) is 0 Å². The Balaban J connectivity index is 1.74. The Hall–Kier alpha value is -2.63. The van der Waals surface area contributed by atoms with E-state index in [1.165, 1.54) is 11.3 Å². The van der Waals surface area contributed by atoms with Crippen LogP contribution in [0.15, 0.2) is 60.7 Å². The summed E-state index contributed by atoms with van der Waals surface area (Å²) in [5.41, 5.74) is 3.21. The molecule has 0 bridgehead atoms. The summed E-state index contributed by atoms with van der Waals surface area (Å²) in [6.45, 7) is 3.62. The zero-order valence-corrected chi connectivity index (χ0v) is 16.3. The fourth-order valence-corrected chi connectivity index (χ4v) is 3.81. The number of thiophene rings is 1. The van der Waals surface area contributed by atoms with Crippen molar-refractivity contribution in [1.29, 1.82) is 0 Å². The van der Waals surface area contributed by atoms with E-state index in [2.05, 4.69) is 5.32 Å². The highest BCUT2D eigenvalue weighted by atomic mass is 32.1. The molecule has 0 radical (unpaired) electrons. The summed E-state index contributed by atoms with van der Waals surface area (Å²) in [4.78, 5) is 14.3. The van der Waals surface area contributed by atoms with Crippen LogP contribution in [0.5, 0.6) is 5.75 Å². The maximum Gasteiger partial charge on any atom is 0.265 e. The van der Waals surface area contributed by atoms with Gasteiger partial charge in [-0.05, 0) is 29.7 Å². The van der Waals surface area contributed by atoms with Crippen LogP contribution in [0.25, 0.3) is 10.4 Å². The molecule has 1 amide bonds. The number of nitrogens with one attached hydrogen (secondary N) is 1. The van der Waals surface area contributed by atoms with Gasteiger partial charge in [0.1, 0.15) is 10.6 Å². The van der Waals surface area contributed by atoms with Gasteiger partial charge in [-0.15, -0.1) is 11.3 Å². The van der Waals surface area contributed by atoms with Gasteiger partial charge in [0.05, 0.1) is 13.7 Å². The second-order valence-electron chi connectivity index (χ2n) is 5.96. The summed E-state index contributed by atoms with van der Waals surface area (Å²) in [6, 6.07) is 19.9. The van der Waals surface area contributed by atoms with Crippen molar-refractivity contribution >= 4 is 17.2 Å². The molecule has 1 heterocycles. The monoisotopic (exact) mass is 381 g/mol. The number of amides is 1. The van der Waals surface area contributed by atoms with Gasteiger partial charge >= 0.3 is 0 Å². The van der Waals surface area contributed by atoms with Crippen LogP contribution in [-0.4, -0.2) is 19.6 Å². The number of ether oxygens (including phenoxy) is 2. The molecule has 3 rings (SSSR count). The molecular weight excluding hydrogens is 358 g/mol. The molecule has 1 aromatic heterocycles. The smallest absolute Gasteiger partial charge is 0.265 e. The normalized spacial score (nSPS) is 10.6. The maximum absolute atomic E-state index is 12.8. The zero-order valence-electron chi connectivity index (χ0n) is 15.5. The molecule has 0 unspecified atom stereocenters. The van der Waals surface area contributed by atoms with Gasteiger partial charge in [0.25, 0.3) is 5.91 Å². The Morgan fingerprint density at radius 2 is 1.74 bits per heavy atom. The van der Waals surface area contributed by atoms with Gasteiger partial charge in [-0.2, -0.15) is 0 Å². The first kappa shape index (κ1) is 19.1. The van der Waals surface area contributed by atoms with Crippen molar-refractivity contribution in [2.75, 3.05) is 13.7 Å². The van der Waals surface area contributed by atoms with Crippen LogP contribution >= 0.6 is 11.3 Å². The lowest BCUT2D eigenvalue weighted by Crippen LogP contribution is -2.23. The van der Waals surface area contributed by atoms with Crippen molar-refractivity contribution in [3.63, 3.8) is 0 Å². The van der Waals surface area contributed by atoms with E-state index in [1.54, 1.807) is 7.11 Å². The number of carbonyl (C=O) groups is 1. The van der Waals surface area contributed by atoms with Gasteiger partial charge in [0.15, 0.2) is 0 Å². The lowest BCUT2D eigenvalue weighted by molar-refractivity contribution is 0.0951. The summed E-state index contributed by atoms with van der Waals surface area (Å²) in [6.07, 6.45) is 0. The number of hydrogen-bond donors (Lipinski definition) is 1. The second kappa shape index (κ2) is 9.35. The Morgan fingerprint density at radius 1 is 1.04 bits per heavy atom. The van der Waals surface area contributed by atoms with E-state index in [0.717, 1.165) is 21.6 Å². The number of methoxy groups -OCH3 is 1. The summed E-state index contributed by atoms with van der Waals surface area (Å²) in [5.74, 6) is 0.462. The Kier molecular flexibility index (Phi) is 6.63. The molecule has 27 heavy (non-hydrogen) atoms. The molecule has 140 valence electrons. The highest BCUT2D eigenvalue weighted by Gasteiger charge is 2.18. The fraction of sp³-hybridized carbons (Fsp3) is 0.227. The van der Waals surface area contributed by atoms with Crippen molar-refractivity contribution in [3.8, 4) is 16.2 Å². The lowest BCUT2D eigenvalue weighted by Gasteiger charge is -2.10. The Bertz CT molecular complexity index is 890. The minimum absolute atomic E-state index is 0.134. The third-order valence-electron chi connectivity index (χ3n) is 4.20. The Morgan fingerprint density at radius 3 is 2.44 bits per heavy atom. The number of benzene rings is 2. The van der Waals surface area contributed by atoms with Crippen LogP contribution in [0, 0.1) is 0 Å². The van der Waals surface area contributed by atoms with Gasteiger partial charge < -0.3 is 14.8 Å². The molecule has 0 saturated heterocycles. The maximum atomic E-state index is 12.8. The predicted molar refractivity (Wildman–Crippen MR) is 109 cm³/mol. The van der Waals surface area contributed by atoms with Crippen molar-refractivity contribution in [1.82, 2.24) is 5.32 Å². The highest BCUT2D eigenvalue weighted by Crippen LogP contribution is 2.36. The predicted octanol–water partition coefficient (Wildman–Crippen LogP) is 4.89. The van der Waals surface area contributed by atoms with Crippen LogP contribution in [0.1, 0.15) is 27.7 Å². The third kappa shape index (κ3) is 4.76. The summed E-state index contributed by atoms with van der Waals surface area (Å²) >= 11 is 1.44.